The van der Waals surface area contributed by atoms with Crippen molar-refractivity contribution in [3.05, 3.63) is 64.7 Å². The van der Waals surface area contributed by atoms with Gasteiger partial charge in [-0.1, -0.05) is 48.0 Å². The number of nitrogens with one attached hydrogen (secondary N) is 2. The van der Waals surface area contributed by atoms with Crippen LogP contribution in [-0.4, -0.2) is 54.8 Å². The monoisotopic (exact) mass is 424 g/mol. The second kappa shape index (κ2) is 11.2. The first kappa shape index (κ1) is 23.9. The average molecular weight is 425 g/mol. The fourth-order valence-electron chi connectivity index (χ4n) is 3.39. The molecule has 0 aliphatic carbocycles. The first-order valence-corrected chi connectivity index (χ1v) is 10.3. The maximum absolute atomic E-state index is 12.4. The molecular weight excluding hydrogens is 392 g/mol. The molecule has 7 nitrogen and oxygen atoms in total. The van der Waals surface area contributed by atoms with Crippen molar-refractivity contribution < 1.29 is 14.4 Å². The molecular formula is C24H32N4O3. The lowest BCUT2D eigenvalue weighted by atomic mass is 10.1. The minimum Gasteiger partial charge on any atom is -0.337 e. The van der Waals surface area contributed by atoms with Crippen molar-refractivity contribution in [1.29, 1.82) is 0 Å². The fourth-order valence-corrected chi connectivity index (χ4v) is 3.39. The highest BCUT2D eigenvalue weighted by atomic mass is 16.2. The third kappa shape index (κ3) is 7.44. The van der Waals surface area contributed by atoms with Gasteiger partial charge in [0.15, 0.2) is 0 Å². The largest absolute Gasteiger partial charge is 0.337 e. The van der Waals surface area contributed by atoms with Gasteiger partial charge in [-0.2, -0.15) is 0 Å². The Morgan fingerprint density at radius 2 is 1.52 bits per heavy atom. The molecule has 7 heteroatoms. The molecule has 2 aromatic rings. The lowest BCUT2D eigenvalue weighted by Gasteiger charge is -2.20. The molecule has 166 valence electrons. The molecule has 0 saturated carbocycles. The summed E-state index contributed by atoms with van der Waals surface area (Å²) in [4.78, 5) is 39.8. The summed E-state index contributed by atoms with van der Waals surface area (Å²) < 4.78 is 0. The number of nitrogens with zero attached hydrogens (tertiary/aromatic N) is 2. The average Bonchev–Trinajstić information content (AvgIpc) is 2.71. The highest BCUT2D eigenvalue weighted by Gasteiger charge is 2.16. The molecule has 4 amide bonds. The van der Waals surface area contributed by atoms with Crippen LogP contribution in [0.4, 0.5) is 10.5 Å². The van der Waals surface area contributed by atoms with E-state index in [9.17, 15) is 14.4 Å². The summed E-state index contributed by atoms with van der Waals surface area (Å²) in [5, 5.41) is 5.64. The number of carbonyl (C=O) groups is 3. The van der Waals surface area contributed by atoms with Crippen LogP contribution in [0.15, 0.2) is 42.5 Å². The molecule has 0 saturated heterocycles. The van der Waals surface area contributed by atoms with E-state index in [0.717, 1.165) is 27.9 Å². The Hall–Kier alpha value is -3.35. The van der Waals surface area contributed by atoms with Gasteiger partial charge in [0, 0.05) is 39.3 Å². The van der Waals surface area contributed by atoms with Gasteiger partial charge in [-0.3, -0.25) is 9.59 Å². The highest BCUT2D eigenvalue weighted by Crippen LogP contribution is 2.21. The van der Waals surface area contributed by atoms with Gasteiger partial charge >= 0.3 is 6.03 Å². The Kier molecular flexibility index (Phi) is 8.61. The minimum absolute atomic E-state index is 0.0482. The Balaban J connectivity index is 1.75. The zero-order chi connectivity index (χ0) is 23.0. The van der Waals surface area contributed by atoms with Crippen molar-refractivity contribution >= 4 is 23.5 Å². The first-order valence-electron chi connectivity index (χ1n) is 10.3. The molecule has 0 bridgehead atoms. The topological polar surface area (TPSA) is 81.8 Å². The molecule has 0 aromatic heterocycles. The number of anilines is 1. The van der Waals surface area contributed by atoms with Gasteiger partial charge in [-0.25, -0.2) is 4.79 Å². The van der Waals surface area contributed by atoms with Gasteiger partial charge in [0.25, 0.3) is 0 Å². The van der Waals surface area contributed by atoms with Crippen LogP contribution < -0.4 is 10.6 Å². The van der Waals surface area contributed by atoms with Crippen molar-refractivity contribution in [2.45, 2.75) is 33.7 Å². The van der Waals surface area contributed by atoms with Gasteiger partial charge in [0.2, 0.25) is 11.8 Å². The quantitative estimate of drug-likeness (QED) is 0.683. The molecule has 0 heterocycles. The Labute approximate surface area is 184 Å². The number of urea groups is 1. The molecule has 0 unspecified atom stereocenters. The predicted octanol–water partition coefficient (Wildman–Crippen LogP) is 3.24. The van der Waals surface area contributed by atoms with E-state index in [1.165, 1.54) is 4.90 Å². The van der Waals surface area contributed by atoms with Crippen LogP contribution in [0.1, 0.15) is 28.7 Å². The molecule has 0 radical (unpaired) electrons. The van der Waals surface area contributed by atoms with E-state index in [1.807, 2.05) is 63.2 Å². The smallest absolute Gasteiger partial charge is 0.317 e. The van der Waals surface area contributed by atoms with E-state index in [4.69, 9.17) is 0 Å². The predicted molar refractivity (Wildman–Crippen MR) is 123 cm³/mol. The molecule has 0 aliphatic heterocycles. The summed E-state index contributed by atoms with van der Waals surface area (Å²) in [5.41, 5.74) is 4.92. The van der Waals surface area contributed by atoms with Crippen LogP contribution in [0.2, 0.25) is 0 Å². The molecule has 0 atom stereocenters. The van der Waals surface area contributed by atoms with Gasteiger partial charge in [0.05, 0.1) is 6.54 Å². The lowest BCUT2D eigenvalue weighted by Crippen LogP contribution is -2.40. The van der Waals surface area contributed by atoms with Gasteiger partial charge < -0.3 is 20.4 Å². The van der Waals surface area contributed by atoms with E-state index < -0.39 is 0 Å². The molecule has 31 heavy (non-hydrogen) atoms. The summed E-state index contributed by atoms with van der Waals surface area (Å²) in [6, 6.07) is 13.4. The third-order valence-electron chi connectivity index (χ3n) is 4.97. The summed E-state index contributed by atoms with van der Waals surface area (Å²) in [5.74, 6) is -0.462. The number of rotatable bonds is 8. The molecule has 2 N–H and O–H groups in total. The summed E-state index contributed by atoms with van der Waals surface area (Å²) in [6.07, 6.45) is 0.122. The molecule has 0 fully saturated rings. The minimum atomic E-state index is -0.252. The van der Waals surface area contributed by atoms with Crippen LogP contribution in [0.3, 0.4) is 0 Å². The standard InChI is InChI=1S/C24H32N4O3/c1-17-13-18(2)23(19(3)14-17)26-21(29)16-27(4)22(30)11-12-25-24(31)28(5)15-20-9-7-6-8-10-20/h6-10,13-14H,11-12,15-16H2,1-5H3,(H,25,31)(H,26,29). The van der Waals surface area contributed by atoms with E-state index in [2.05, 4.69) is 10.6 Å². The SMILES string of the molecule is Cc1cc(C)c(NC(=O)CN(C)C(=O)CCNC(=O)N(C)Cc2ccccc2)c(C)c1. The summed E-state index contributed by atoms with van der Waals surface area (Å²) in [7, 11) is 3.29. The molecule has 0 aliphatic rings. The number of carbonyl (C=O) groups excluding carboxylic acids is 3. The fraction of sp³-hybridized carbons (Fsp3) is 0.375. The Morgan fingerprint density at radius 1 is 0.903 bits per heavy atom. The van der Waals surface area contributed by atoms with Crippen molar-refractivity contribution in [3.63, 3.8) is 0 Å². The number of hydrogen-bond acceptors (Lipinski definition) is 3. The molecule has 0 spiro atoms. The summed E-state index contributed by atoms with van der Waals surface area (Å²) in [6.45, 7) is 6.55. The highest BCUT2D eigenvalue weighted by molar-refractivity contribution is 5.95. The Morgan fingerprint density at radius 3 is 2.13 bits per heavy atom. The number of amides is 4. The number of benzene rings is 2. The van der Waals surface area contributed by atoms with Gasteiger partial charge in [-0.15, -0.1) is 0 Å². The van der Waals surface area contributed by atoms with E-state index >= 15 is 0 Å². The normalized spacial score (nSPS) is 10.4. The number of aryl methyl sites for hydroxylation is 3. The van der Waals surface area contributed by atoms with Crippen LogP contribution in [0.5, 0.6) is 0 Å². The third-order valence-corrected chi connectivity index (χ3v) is 4.97. The van der Waals surface area contributed by atoms with Gasteiger partial charge in [0.1, 0.15) is 0 Å². The van der Waals surface area contributed by atoms with E-state index in [0.29, 0.717) is 6.54 Å². The van der Waals surface area contributed by atoms with Crippen molar-refractivity contribution in [2.24, 2.45) is 0 Å². The van der Waals surface area contributed by atoms with Crippen molar-refractivity contribution in [1.82, 2.24) is 15.1 Å². The second-order valence-corrected chi connectivity index (χ2v) is 7.90. The zero-order valence-corrected chi connectivity index (χ0v) is 19.0. The van der Waals surface area contributed by atoms with Gasteiger partial charge in [-0.05, 0) is 37.5 Å². The lowest BCUT2D eigenvalue weighted by molar-refractivity contribution is -0.133. The van der Waals surface area contributed by atoms with Crippen LogP contribution in [0.25, 0.3) is 0 Å². The molecule has 2 aromatic carbocycles. The first-order chi connectivity index (χ1) is 14.7. The van der Waals surface area contributed by atoms with E-state index in [1.54, 1.807) is 19.0 Å². The second-order valence-electron chi connectivity index (χ2n) is 7.90. The zero-order valence-electron chi connectivity index (χ0n) is 19.0. The number of likely N-dealkylation sites (N-methyl/N-ethyl adjacent to an activating group) is 1. The summed E-state index contributed by atoms with van der Waals surface area (Å²) >= 11 is 0. The van der Waals surface area contributed by atoms with Crippen LogP contribution >= 0.6 is 0 Å². The van der Waals surface area contributed by atoms with Crippen LogP contribution in [-0.2, 0) is 16.1 Å². The number of hydrogen-bond donors (Lipinski definition) is 2. The maximum atomic E-state index is 12.4. The molecule has 2 rings (SSSR count). The Bertz CT molecular complexity index is 905. The van der Waals surface area contributed by atoms with E-state index in [-0.39, 0.29) is 37.4 Å². The van der Waals surface area contributed by atoms with Crippen LogP contribution in [0, 0.1) is 20.8 Å². The van der Waals surface area contributed by atoms with Crippen molar-refractivity contribution in [3.8, 4) is 0 Å². The maximum Gasteiger partial charge on any atom is 0.317 e. The van der Waals surface area contributed by atoms with Crippen molar-refractivity contribution in [2.75, 3.05) is 32.5 Å².